The zero-order chi connectivity index (χ0) is 13.1. The number of nitrogens with zero attached hydrogens (tertiary/aromatic N) is 1. The van der Waals surface area contributed by atoms with Crippen molar-refractivity contribution < 1.29 is 9.90 Å². The third kappa shape index (κ3) is 2.48. The first kappa shape index (κ1) is 12.9. The number of hydrogen-bond acceptors (Lipinski definition) is 3. The van der Waals surface area contributed by atoms with E-state index in [0.717, 1.165) is 31.5 Å². The van der Waals surface area contributed by atoms with Gasteiger partial charge >= 0.3 is 0 Å². The molecule has 1 unspecified atom stereocenters. The van der Waals surface area contributed by atoms with Crippen molar-refractivity contribution in [2.75, 3.05) is 25.4 Å². The number of aliphatic hydroxyl groups is 1. The average Bonchev–Trinajstić information content (AvgIpc) is 2.81. The van der Waals surface area contributed by atoms with Gasteiger partial charge in [-0.05, 0) is 43.4 Å². The molecule has 1 atom stereocenters. The lowest BCUT2D eigenvalue weighted by atomic mass is 10.1. The molecule has 0 bridgehead atoms. The Morgan fingerprint density at radius 3 is 3.06 bits per heavy atom. The van der Waals surface area contributed by atoms with Crippen LogP contribution in [0.15, 0.2) is 18.2 Å². The second kappa shape index (κ2) is 5.40. The quantitative estimate of drug-likeness (QED) is 0.795. The van der Waals surface area contributed by atoms with E-state index in [1.165, 1.54) is 0 Å². The number of rotatable bonds is 3. The first-order chi connectivity index (χ1) is 8.63. The summed E-state index contributed by atoms with van der Waals surface area (Å²) in [6, 6.07) is 5.45. The molecular formula is C14H20N2O2. The normalized spacial score (nSPS) is 19.2. The molecule has 1 saturated heterocycles. The van der Waals surface area contributed by atoms with Crippen LogP contribution in [0.25, 0.3) is 0 Å². The van der Waals surface area contributed by atoms with Crippen LogP contribution in [0.5, 0.6) is 0 Å². The van der Waals surface area contributed by atoms with Gasteiger partial charge in [0.1, 0.15) is 0 Å². The number of nitrogens with two attached hydrogens (primary N) is 1. The zero-order valence-electron chi connectivity index (χ0n) is 10.7. The number of carbonyl (C=O) groups is 1. The maximum absolute atomic E-state index is 12.4. The van der Waals surface area contributed by atoms with Crippen molar-refractivity contribution in [2.24, 2.45) is 5.92 Å². The fraction of sp³-hybridized carbons (Fsp3) is 0.500. The van der Waals surface area contributed by atoms with Gasteiger partial charge in [-0.15, -0.1) is 0 Å². The van der Waals surface area contributed by atoms with Crippen LogP contribution in [0.1, 0.15) is 28.8 Å². The Balaban J connectivity index is 2.11. The van der Waals surface area contributed by atoms with Crippen molar-refractivity contribution in [1.29, 1.82) is 0 Å². The van der Waals surface area contributed by atoms with E-state index in [9.17, 15) is 4.79 Å². The second-order valence-electron chi connectivity index (χ2n) is 4.94. The van der Waals surface area contributed by atoms with Crippen molar-refractivity contribution in [2.45, 2.75) is 19.8 Å². The van der Waals surface area contributed by atoms with Crippen molar-refractivity contribution >= 4 is 11.6 Å². The number of hydrogen-bond donors (Lipinski definition) is 2. The predicted molar refractivity (Wildman–Crippen MR) is 71.3 cm³/mol. The van der Waals surface area contributed by atoms with Crippen molar-refractivity contribution in [1.82, 2.24) is 4.90 Å². The largest absolute Gasteiger partial charge is 0.398 e. The molecule has 4 heteroatoms. The molecule has 1 aliphatic rings. The first-order valence-electron chi connectivity index (χ1n) is 6.38. The lowest BCUT2D eigenvalue weighted by Gasteiger charge is -2.18. The molecule has 3 N–H and O–H groups in total. The maximum Gasteiger partial charge on any atom is 0.254 e. The summed E-state index contributed by atoms with van der Waals surface area (Å²) >= 11 is 0. The van der Waals surface area contributed by atoms with Gasteiger partial charge in [-0.2, -0.15) is 0 Å². The lowest BCUT2D eigenvalue weighted by Crippen LogP contribution is -2.29. The van der Waals surface area contributed by atoms with E-state index in [1.807, 2.05) is 30.0 Å². The number of nitrogen functional groups attached to an aromatic ring is 1. The van der Waals surface area contributed by atoms with E-state index < -0.39 is 0 Å². The van der Waals surface area contributed by atoms with Gasteiger partial charge in [0.25, 0.3) is 5.91 Å². The number of amides is 1. The summed E-state index contributed by atoms with van der Waals surface area (Å²) in [4.78, 5) is 14.2. The van der Waals surface area contributed by atoms with Crippen LogP contribution in [0.4, 0.5) is 5.69 Å². The van der Waals surface area contributed by atoms with Gasteiger partial charge in [0.2, 0.25) is 0 Å². The molecule has 1 aromatic rings. The van der Waals surface area contributed by atoms with Gasteiger partial charge in [0.05, 0.1) is 0 Å². The molecule has 1 aromatic carbocycles. The number of carbonyl (C=O) groups excluding carboxylic acids is 1. The molecule has 0 spiro atoms. The molecule has 0 saturated carbocycles. The van der Waals surface area contributed by atoms with Gasteiger partial charge < -0.3 is 15.7 Å². The molecular weight excluding hydrogens is 228 g/mol. The Morgan fingerprint density at radius 2 is 2.33 bits per heavy atom. The van der Waals surface area contributed by atoms with E-state index >= 15 is 0 Å². The average molecular weight is 248 g/mol. The van der Waals surface area contributed by atoms with Crippen LogP contribution in [0.3, 0.4) is 0 Å². The van der Waals surface area contributed by atoms with Crippen molar-refractivity contribution in [3.8, 4) is 0 Å². The zero-order valence-corrected chi connectivity index (χ0v) is 10.7. The molecule has 1 fully saturated rings. The van der Waals surface area contributed by atoms with E-state index in [-0.39, 0.29) is 12.5 Å². The smallest absolute Gasteiger partial charge is 0.254 e. The van der Waals surface area contributed by atoms with Gasteiger partial charge in [-0.1, -0.05) is 6.07 Å². The minimum atomic E-state index is 0.0558. The summed E-state index contributed by atoms with van der Waals surface area (Å²) < 4.78 is 0. The van der Waals surface area contributed by atoms with Crippen molar-refractivity contribution in [3.63, 3.8) is 0 Å². The van der Waals surface area contributed by atoms with Crippen molar-refractivity contribution in [3.05, 3.63) is 29.3 Å². The highest BCUT2D eigenvalue weighted by molar-refractivity contribution is 5.97. The van der Waals surface area contributed by atoms with Crippen LogP contribution in [-0.4, -0.2) is 35.6 Å². The molecule has 0 radical (unpaired) electrons. The van der Waals surface area contributed by atoms with Crippen LogP contribution >= 0.6 is 0 Å². The number of aliphatic hydroxyl groups excluding tert-OH is 1. The highest BCUT2D eigenvalue weighted by Crippen LogP contribution is 2.23. The molecule has 0 aromatic heterocycles. The molecule has 1 amide bonds. The summed E-state index contributed by atoms with van der Waals surface area (Å²) in [6.45, 7) is 3.60. The van der Waals surface area contributed by atoms with Crippen LogP contribution < -0.4 is 5.73 Å². The van der Waals surface area contributed by atoms with Gasteiger partial charge in [0.15, 0.2) is 0 Å². The van der Waals surface area contributed by atoms with Gasteiger partial charge in [-0.25, -0.2) is 0 Å². The molecule has 18 heavy (non-hydrogen) atoms. The molecule has 98 valence electrons. The minimum Gasteiger partial charge on any atom is -0.398 e. The standard InChI is InChI=1S/C14H20N2O2/c1-10-12(3-2-4-13(10)15)14(18)16-7-5-11(9-16)6-8-17/h2-4,11,17H,5-9,15H2,1H3. The second-order valence-corrected chi connectivity index (χ2v) is 4.94. The molecule has 1 heterocycles. The monoisotopic (exact) mass is 248 g/mol. The van der Waals surface area contributed by atoms with E-state index in [2.05, 4.69) is 0 Å². The van der Waals surface area contributed by atoms with E-state index in [4.69, 9.17) is 10.8 Å². The SMILES string of the molecule is Cc1c(N)cccc1C(=O)N1CCC(CCO)C1. The Morgan fingerprint density at radius 1 is 1.56 bits per heavy atom. The summed E-state index contributed by atoms with van der Waals surface area (Å²) in [5.41, 5.74) is 8.04. The Bertz CT molecular complexity index is 445. The summed E-state index contributed by atoms with van der Waals surface area (Å²) in [7, 11) is 0. The number of anilines is 1. The van der Waals surface area contributed by atoms with Gasteiger partial charge in [0, 0.05) is 30.9 Å². The molecule has 2 rings (SSSR count). The summed E-state index contributed by atoms with van der Waals surface area (Å²) in [5, 5.41) is 8.93. The summed E-state index contributed by atoms with van der Waals surface area (Å²) in [5.74, 6) is 0.487. The Labute approximate surface area is 107 Å². The summed E-state index contributed by atoms with van der Waals surface area (Å²) in [6.07, 6.45) is 1.76. The van der Waals surface area contributed by atoms with Gasteiger partial charge in [-0.3, -0.25) is 4.79 Å². The Kier molecular flexibility index (Phi) is 3.87. The third-order valence-electron chi connectivity index (χ3n) is 3.72. The predicted octanol–water partition coefficient (Wildman–Crippen LogP) is 1.42. The molecule has 1 aliphatic heterocycles. The topological polar surface area (TPSA) is 66.6 Å². The highest BCUT2D eigenvalue weighted by atomic mass is 16.3. The molecule has 0 aliphatic carbocycles. The fourth-order valence-electron chi connectivity index (χ4n) is 2.49. The third-order valence-corrected chi connectivity index (χ3v) is 3.72. The van der Waals surface area contributed by atoms with Crippen LogP contribution in [0, 0.1) is 12.8 Å². The number of benzene rings is 1. The highest BCUT2D eigenvalue weighted by Gasteiger charge is 2.27. The van der Waals surface area contributed by atoms with E-state index in [1.54, 1.807) is 0 Å². The number of likely N-dealkylation sites (tertiary alicyclic amines) is 1. The van der Waals surface area contributed by atoms with E-state index in [0.29, 0.717) is 17.2 Å². The molecule has 4 nitrogen and oxygen atoms in total. The Hall–Kier alpha value is -1.55. The first-order valence-corrected chi connectivity index (χ1v) is 6.38. The van der Waals surface area contributed by atoms with Crippen LogP contribution in [0.2, 0.25) is 0 Å². The minimum absolute atomic E-state index is 0.0558. The van der Waals surface area contributed by atoms with Crippen LogP contribution in [-0.2, 0) is 0 Å². The lowest BCUT2D eigenvalue weighted by molar-refractivity contribution is 0.0784. The fourth-order valence-corrected chi connectivity index (χ4v) is 2.49. The maximum atomic E-state index is 12.4.